The highest BCUT2D eigenvalue weighted by atomic mass is 14.3. The minimum Gasteiger partial charge on any atom is -0.0654 e. The Morgan fingerprint density at radius 1 is 0.900 bits per heavy atom. The van der Waals surface area contributed by atoms with Gasteiger partial charge in [0, 0.05) is 0 Å². The smallest absolute Gasteiger partial charge is 0.0128 e. The zero-order valence-corrected chi connectivity index (χ0v) is 13.8. The summed E-state index contributed by atoms with van der Waals surface area (Å²) in [5.74, 6) is 1.57. The molecule has 0 saturated carbocycles. The summed E-state index contributed by atoms with van der Waals surface area (Å²) < 4.78 is 0. The fourth-order valence-corrected chi connectivity index (χ4v) is 3.23. The summed E-state index contributed by atoms with van der Waals surface area (Å²) >= 11 is 0. The molecule has 1 radical (unpaired) electrons. The maximum atomic E-state index is 3.50. The van der Waals surface area contributed by atoms with Gasteiger partial charge in [-0.1, -0.05) is 90.0 Å². The number of hydrogen-bond donors (Lipinski definition) is 0. The van der Waals surface area contributed by atoms with Crippen LogP contribution >= 0.6 is 0 Å². The van der Waals surface area contributed by atoms with E-state index in [2.05, 4.69) is 51.1 Å². The Morgan fingerprint density at radius 3 is 2.30 bits per heavy atom. The number of rotatable bonds is 11. The molecule has 1 aromatic rings. The van der Waals surface area contributed by atoms with Gasteiger partial charge in [0.1, 0.15) is 0 Å². The SMILES string of the molecule is CCCCCCC(c1[c]cccc1)C(CC)CCCC. The molecular weight excluding hydrogens is 240 g/mol. The first kappa shape index (κ1) is 17.3. The maximum absolute atomic E-state index is 3.50. The van der Waals surface area contributed by atoms with Gasteiger partial charge in [-0.25, -0.2) is 0 Å². The number of unbranched alkanes of at least 4 members (excludes halogenated alkanes) is 4. The van der Waals surface area contributed by atoms with Crippen LogP contribution in [0.2, 0.25) is 0 Å². The molecule has 0 fully saturated rings. The van der Waals surface area contributed by atoms with Gasteiger partial charge in [-0.2, -0.15) is 0 Å². The molecule has 1 aromatic carbocycles. The maximum Gasteiger partial charge on any atom is -0.0128 e. The Balaban J connectivity index is 2.66. The standard InChI is InChI=1S/C20H33/c1-4-7-9-13-17-20(18(6-3)14-8-5-2)19-15-11-10-12-16-19/h10-12,15,18,20H,4-9,13-14,17H2,1-3H3. The van der Waals surface area contributed by atoms with Crippen LogP contribution in [-0.2, 0) is 0 Å². The molecule has 0 N–H and O–H groups in total. The second-order valence-electron chi connectivity index (χ2n) is 6.08. The second-order valence-corrected chi connectivity index (χ2v) is 6.08. The van der Waals surface area contributed by atoms with Gasteiger partial charge in [-0.05, 0) is 36.3 Å². The lowest BCUT2D eigenvalue weighted by molar-refractivity contribution is 0.346. The number of benzene rings is 1. The molecule has 113 valence electrons. The van der Waals surface area contributed by atoms with E-state index in [4.69, 9.17) is 0 Å². The summed E-state index contributed by atoms with van der Waals surface area (Å²) in [6, 6.07) is 12.1. The van der Waals surface area contributed by atoms with Crippen molar-refractivity contribution in [2.24, 2.45) is 5.92 Å². The topological polar surface area (TPSA) is 0 Å². The second kappa shape index (κ2) is 10.9. The van der Waals surface area contributed by atoms with Crippen LogP contribution in [0, 0.1) is 12.0 Å². The third kappa shape index (κ3) is 6.11. The fraction of sp³-hybridized carbons (Fsp3) is 0.700. The molecule has 0 bridgehead atoms. The van der Waals surface area contributed by atoms with Gasteiger partial charge in [0.05, 0.1) is 0 Å². The molecule has 20 heavy (non-hydrogen) atoms. The van der Waals surface area contributed by atoms with Gasteiger partial charge < -0.3 is 0 Å². The van der Waals surface area contributed by atoms with Gasteiger partial charge >= 0.3 is 0 Å². The molecule has 0 saturated heterocycles. The lowest BCUT2D eigenvalue weighted by Gasteiger charge is -2.27. The Labute approximate surface area is 127 Å². The summed E-state index contributed by atoms with van der Waals surface area (Å²) in [6.45, 7) is 6.96. The first-order valence-corrected chi connectivity index (χ1v) is 8.80. The van der Waals surface area contributed by atoms with Crippen LogP contribution in [0.1, 0.15) is 90.0 Å². The van der Waals surface area contributed by atoms with Crippen molar-refractivity contribution in [3.05, 3.63) is 35.9 Å². The Morgan fingerprint density at radius 2 is 1.70 bits per heavy atom. The zero-order chi connectivity index (χ0) is 14.6. The lowest BCUT2D eigenvalue weighted by Crippen LogP contribution is -2.13. The average molecular weight is 273 g/mol. The molecule has 0 nitrogen and oxygen atoms in total. The van der Waals surface area contributed by atoms with Crippen LogP contribution < -0.4 is 0 Å². The molecule has 2 unspecified atom stereocenters. The largest absolute Gasteiger partial charge is 0.0654 e. The Bertz CT molecular complexity index is 314. The van der Waals surface area contributed by atoms with Crippen LogP contribution in [0.5, 0.6) is 0 Å². The summed E-state index contributed by atoms with van der Waals surface area (Å²) in [7, 11) is 0. The minimum absolute atomic E-state index is 0.726. The molecule has 2 atom stereocenters. The highest BCUT2D eigenvalue weighted by Gasteiger charge is 2.20. The van der Waals surface area contributed by atoms with Crippen molar-refractivity contribution in [1.29, 1.82) is 0 Å². The molecule has 0 aliphatic heterocycles. The van der Waals surface area contributed by atoms with E-state index in [0.717, 1.165) is 11.8 Å². The van der Waals surface area contributed by atoms with Crippen molar-refractivity contribution in [3.63, 3.8) is 0 Å². The van der Waals surface area contributed by atoms with Crippen molar-refractivity contribution in [1.82, 2.24) is 0 Å². The monoisotopic (exact) mass is 273 g/mol. The summed E-state index contributed by atoms with van der Waals surface area (Å²) in [5.41, 5.74) is 1.45. The molecule has 0 heterocycles. The molecule has 0 aromatic heterocycles. The zero-order valence-electron chi connectivity index (χ0n) is 13.8. The van der Waals surface area contributed by atoms with Crippen molar-refractivity contribution in [2.45, 2.75) is 84.5 Å². The highest BCUT2D eigenvalue weighted by Crippen LogP contribution is 2.35. The van der Waals surface area contributed by atoms with E-state index in [9.17, 15) is 0 Å². The molecular formula is C20H33. The van der Waals surface area contributed by atoms with E-state index in [1.165, 1.54) is 63.4 Å². The van der Waals surface area contributed by atoms with Gasteiger partial charge in [0.2, 0.25) is 0 Å². The van der Waals surface area contributed by atoms with Crippen LogP contribution in [0.15, 0.2) is 24.3 Å². The van der Waals surface area contributed by atoms with Crippen molar-refractivity contribution >= 4 is 0 Å². The van der Waals surface area contributed by atoms with E-state index >= 15 is 0 Å². The average Bonchev–Trinajstić information content (AvgIpc) is 2.50. The van der Waals surface area contributed by atoms with Gasteiger partial charge in [0.15, 0.2) is 0 Å². The van der Waals surface area contributed by atoms with Crippen LogP contribution in [-0.4, -0.2) is 0 Å². The van der Waals surface area contributed by atoms with Crippen molar-refractivity contribution in [2.75, 3.05) is 0 Å². The normalized spacial score (nSPS) is 14.2. The summed E-state index contributed by atoms with van der Waals surface area (Å²) in [4.78, 5) is 0. The molecule has 0 heteroatoms. The predicted molar refractivity (Wildman–Crippen MR) is 90.1 cm³/mol. The van der Waals surface area contributed by atoms with Crippen LogP contribution in [0.4, 0.5) is 0 Å². The molecule has 1 rings (SSSR count). The molecule has 0 aliphatic rings. The Kier molecular flexibility index (Phi) is 9.45. The van der Waals surface area contributed by atoms with Crippen LogP contribution in [0.25, 0.3) is 0 Å². The highest BCUT2D eigenvalue weighted by molar-refractivity contribution is 5.18. The third-order valence-corrected chi connectivity index (χ3v) is 4.52. The van der Waals surface area contributed by atoms with E-state index in [-0.39, 0.29) is 0 Å². The van der Waals surface area contributed by atoms with E-state index < -0.39 is 0 Å². The third-order valence-electron chi connectivity index (χ3n) is 4.52. The number of hydrogen-bond acceptors (Lipinski definition) is 0. The van der Waals surface area contributed by atoms with E-state index in [1.807, 2.05) is 0 Å². The van der Waals surface area contributed by atoms with E-state index in [1.54, 1.807) is 0 Å². The predicted octanol–water partition coefficient (Wildman–Crippen LogP) is 6.76. The molecule has 0 aliphatic carbocycles. The summed E-state index contributed by atoms with van der Waals surface area (Å²) in [5, 5.41) is 0. The first-order valence-electron chi connectivity index (χ1n) is 8.80. The van der Waals surface area contributed by atoms with Gasteiger partial charge in [-0.3, -0.25) is 0 Å². The van der Waals surface area contributed by atoms with Crippen molar-refractivity contribution < 1.29 is 0 Å². The molecule has 0 spiro atoms. The lowest BCUT2D eigenvalue weighted by atomic mass is 9.78. The fourth-order valence-electron chi connectivity index (χ4n) is 3.23. The Hall–Kier alpha value is -0.780. The molecule has 0 amide bonds. The quantitative estimate of drug-likeness (QED) is 0.391. The van der Waals surface area contributed by atoms with Gasteiger partial charge in [-0.15, -0.1) is 0 Å². The minimum atomic E-state index is 0.726. The summed E-state index contributed by atoms with van der Waals surface area (Å²) in [6.07, 6.45) is 12.2. The van der Waals surface area contributed by atoms with Crippen molar-refractivity contribution in [3.8, 4) is 0 Å². The van der Waals surface area contributed by atoms with Gasteiger partial charge in [0.25, 0.3) is 0 Å². The van der Waals surface area contributed by atoms with E-state index in [0.29, 0.717) is 0 Å². The first-order chi connectivity index (χ1) is 9.83. The van der Waals surface area contributed by atoms with Crippen LogP contribution in [0.3, 0.4) is 0 Å².